The zero-order valence-corrected chi connectivity index (χ0v) is 17.2. The summed E-state index contributed by atoms with van der Waals surface area (Å²) in [7, 11) is 3.07. The fourth-order valence-electron chi connectivity index (χ4n) is 3.24. The summed E-state index contributed by atoms with van der Waals surface area (Å²) in [4.78, 5) is 38.1. The third-order valence-electron chi connectivity index (χ3n) is 4.68. The number of amides is 4. The molecule has 1 saturated heterocycles. The lowest BCUT2D eigenvalue weighted by Crippen LogP contribution is -2.38. The summed E-state index contributed by atoms with van der Waals surface area (Å²) < 4.78 is 10.7. The minimum Gasteiger partial charge on any atom is -0.496 e. The molecule has 0 saturated carbocycles. The number of urea groups is 1. The Morgan fingerprint density at radius 1 is 1.13 bits per heavy atom. The molecule has 0 unspecified atom stereocenters. The van der Waals surface area contributed by atoms with Gasteiger partial charge in [-0.05, 0) is 49.8 Å². The van der Waals surface area contributed by atoms with E-state index in [4.69, 9.17) is 9.47 Å². The molecular formula is C22H23N3O5. The van der Waals surface area contributed by atoms with Crippen LogP contribution in [0.4, 0.5) is 10.5 Å². The lowest BCUT2D eigenvalue weighted by Gasteiger charge is -2.13. The van der Waals surface area contributed by atoms with Gasteiger partial charge in [0.1, 0.15) is 23.7 Å². The van der Waals surface area contributed by atoms with Gasteiger partial charge in [-0.3, -0.25) is 9.59 Å². The number of carbonyl (C=O) groups excluding carboxylic acids is 3. The minimum atomic E-state index is -0.658. The van der Waals surface area contributed by atoms with E-state index in [9.17, 15) is 14.4 Å². The summed E-state index contributed by atoms with van der Waals surface area (Å²) >= 11 is 0. The summed E-state index contributed by atoms with van der Waals surface area (Å²) in [6.07, 6.45) is 1.52. The molecule has 1 heterocycles. The number of rotatable bonds is 6. The number of nitrogens with one attached hydrogen (secondary N) is 2. The molecule has 30 heavy (non-hydrogen) atoms. The molecular weight excluding hydrogens is 386 g/mol. The Kier molecular flexibility index (Phi) is 6.06. The van der Waals surface area contributed by atoms with Crippen LogP contribution in [0.15, 0.2) is 42.1 Å². The van der Waals surface area contributed by atoms with Gasteiger partial charge in [0.05, 0.1) is 14.2 Å². The third-order valence-corrected chi connectivity index (χ3v) is 4.68. The normalized spacial score (nSPS) is 14.7. The molecule has 3 rings (SSSR count). The van der Waals surface area contributed by atoms with Crippen LogP contribution in [0, 0.1) is 13.8 Å². The van der Waals surface area contributed by atoms with Gasteiger partial charge in [0.15, 0.2) is 0 Å². The Balaban J connectivity index is 1.78. The highest BCUT2D eigenvalue weighted by atomic mass is 16.5. The average molecular weight is 409 g/mol. The number of hydrogen-bond acceptors (Lipinski definition) is 5. The smallest absolute Gasteiger partial charge is 0.329 e. The standard InChI is InChI=1S/C22H23N3O5/c1-13-6-5-7-16(10-13)23-19(26)12-25-21(27)17(24-22(25)28)11-15-8-9-18(29-3)14(2)20(15)30-4/h5-11H,12H2,1-4H3,(H,23,26)(H,24,28)/b17-11+. The van der Waals surface area contributed by atoms with E-state index >= 15 is 0 Å². The van der Waals surface area contributed by atoms with Crippen molar-refractivity contribution in [1.29, 1.82) is 0 Å². The second-order valence-corrected chi connectivity index (χ2v) is 6.81. The molecule has 0 radical (unpaired) electrons. The minimum absolute atomic E-state index is 0.0613. The van der Waals surface area contributed by atoms with Crippen LogP contribution in [0.3, 0.4) is 0 Å². The van der Waals surface area contributed by atoms with E-state index in [0.29, 0.717) is 22.7 Å². The summed E-state index contributed by atoms with van der Waals surface area (Å²) in [5.41, 5.74) is 3.01. The highest BCUT2D eigenvalue weighted by Crippen LogP contribution is 2.33. The fourth-order valence-corrected chi connectivity index (χ4v) is 3.24. The van der Waals surface area contributed by atoms with Gasteiger partial charge in [0, 0.05) is 16.8 Å². The Morgan fingerprint density at radius 2 is 1.90 bits per heavy atom. The van der Waals surface area contributed by atoms with Crippen molar-refractivity contribution in [2.45, 2.75) is 13.8 Å². The van der Waals surface area contributed by atoms with Crippen LogP contribution in [0.2, 0.25) is 0 Å². The maximum Gasteiger partial charge on any atom is 0.329 e. The lowest BCUT2D eigenvalue weighted by molar-refractivity contribution is -0.127. The van der Waals surface area contributed by atoms with Crippen LogP contribution in [0.1, 0.15) is 16.7 Å². The number of hydrogen-bond donors (Lipinski definition) is 2. The van der Waals surface area contributed by atoms with Crippen molar-refractivity contribution in [2.75, 3.05) is 26.1 Å². The largest absolute Gasteiger partial charge is 0.496 e. The summed E-state index contributed by atoms with van der Waals surface area (Å²) in [5.74, 6) is 0.114. The first-order valence-corrected chi connectivity index (χ1v) is 9.26. The van der Waals surface area contributed by atoms with Crippen LogP contribution in [-0.4, -0.2) is 43.5 Å². The zero-order valence-electron chi connectivity index (χ0n) is 17.2. The van der Waals surface area contributed by atoms with E-state index in [-0.39, 0.29) is 5.70 Å². The van der Waals surface area contributed by atoms with Gasteiger partial charge in [-0.25, -0.2) is 9.69 Å². The molecule has 0 spiro atoms. The molecule has 2 aromatic rings. The highest BCUT2D eigenvalue weighted by Gasteiger charge is 2.35. The van der Waals surface area contributed by atoms with Crippen LogP contribution in [0.25, 0.3) is 6.08 Å². The number of nitrogens with zero attached hydrogens (tertiary/aromatic N) is 1. The van der Waals surface area contributed by atoms with E-state index in [1.165, 1.54) is 13.2 Å². The number of anilines is 1. The lowest BCUT2D eigenvalue weighted by atomic mass is 10.1. The molecule has 2 N–H and O–H groups in total. The number of benzene rings is 2. The van der Waals surface area contributed by atoms with Crippen molar-refractivity contribution in [3.05, 3.63) is 58.8 Å². The second kappa shape index (κ2) is 8.69. The van der Waals surface area contributed by atoms with Crippen LogP contribution >= 0.6 is 0 Å². The molecule has 0 aliphatic carbocycles. The molecule has 8 nitrogen and oxygen atoms in total. The number of imide groups is 1. The van der Waals surface area contributed by atoms with Crippen molar-refractivity contribution in [3.63, 3.8) is 0 Å². The fraction of sp³-hybridized carbons (Fsp3) is 0.227. The van der Waals surface area contributed by atoms with E-state index in [2.05, 4.69) is 10.6 Å². The van der Waals surface area contributed by atoms with Crippen molar-refractivity contribution in [2.24, 2.45) is 0 Å². The van der Waals surface area contributed by atoms with Crippen molar-refractivity contribution in [3.8, 4) is 11.5 Å². The maximum atomic E-state index is 12.7. The number of ether oxygens (including phenoxy) is 2. The number of carbonyl (C=O) groups is 3. The predicted molar refractivity (Wildman–Crippen MR) is 112 cm³/mol. The first-order valence-electron chi connectivity index (χ1n) is 9.26. The van der Waals surface area contributed by atoms with Gasteiger partial charge < -0.3 is 20.1 Å². The van der Waals surface area contributed by atoms with E-state index in [0.717, 1.165) is 16.0 Å². The van der Waals surface area contributed by atoms with Crippen LogP contribution in [0.5, 0.6) is 11.5 Å². The van der Waals surface area contributed by atoms with E-state index < -0.39 is 24.4 Å². The van der Waals surface area contributed by atoms with Gasteiger partial charge >= 0.3 is 6.03 Å². The van der Waals surface area contributed by atoms with Gasteiger partial charge in [-0.15, -0.1) is 0 Å². The molecule has 0 bridgehead atoms. The van der Waals surface area contributed by atoms with Gasteiger partial charge in [0.25, 0.3) is 5.91 Å². The SMILES string of the molecule is COc1ccc(/C=C2/NC(=O)N(CC(=O)Nc3cccc(C)c3)C2=O)c(OC)c1C. The number of aryl methyl sites for hydroxylation is 1. The Bertz CT molecular complexity index is 1050. The average Bonchev–Trinajstić information content (AvgIpc) is 2.96. The predicted octanol–water partition coefficient (Wildman–Crippen LogP) is 2.85. The van der Waals surface area contributed by atoms with Crippen molar-refractivity contribution < 1.29 is 23.9 Å². The molecule has 1 aliphatic heterocycles. The molecule has 1 aliphatic rings. The topological polar surface area (TPSA) is 97.0 Å². The zero-order chi connectivity index (χ0) is 21.8. The Morgan fingerprint density at radius 3 is 2.57 bits per heavy atom. The first-order chi connectivity index (χ1) is 14.3. The molecule has 1 fully saturated rings. The van der Waals surface area contributed by atoms with Gasteiger partial charge in [0.2, 0.25) is 5.91 Å². The monoisotopic (exact) mass is 409 g/mol. The second-order valence-electron chi connectivity index (χ2n) is 6.81. The highest BCUT2D eigenvalue weighted by molar-refractivity contribution is 6.16. The molecule has 4 amide bonds. The first kappa shape index (κ1) is 20.9. The molecule has 0 aromatic heterocycles. The van der Waals surface area contributed by atoms with Crippen molar-refractivity contribution >= 4 is 29.6 Å². The quantitative estimate of drug-likeness (QED) is 0.565. The third kappa shape index (κ3) is 4.27. The van der Waals surface area contributed by atoms with E-state index in [1.54, 1.807) is 31.4 Å². The molecule has 8 heteroatoms. The molecule has 0 atom stereocenters. The van der Waals surface area contributed by atoms with Crippen LogP contribution < -0.4 is 20.1 Å². The molecule has 156 valence electrons. The summed E-state index contributed by atoms with van der Waals surface area (Å²) in [5, 5.41) is 5.20. The van der Waals surface area contributed by atoms with Crippen LogP contribution in [-0.2, 0) is 9.59 Å². The Hall–Kier alpha value is -3.81. The molecule has 2 aromatic carbocycles. The van der Waals surface area contributed by atoms with Gasteiger partial charge in [-0.1, -0.05) is 12.1 Å². The Labute approximate surface area is 174 Å². The maximum absolute atomic E-state index is 12.7. The van der Waals surface area contributed by atoms with Crippen molar-refractivity contribution in [1.82, 2.24) is 10.2 Å². The van der Waals surface area contributed by atoms with E-state index in [1.807, 2.05) is 26.0 Å². The summed E-state index contributed by atoms with van der Waals surface area (Å²) in [6, 6.07) is 10.1. The van der Waals surface area contributed by atoms with Gasteiger partial charge in [-0.2, -0.15) is 0 Å². The number of methoxy groups -OCH3 is 2. The summed E-state index contributed by atoms with van der Waals surface area (Å²) in [6.45, 7) is 3.34.